The third-order valence-electron chi connectivity index (χ3n) is 8.76. The van der Waals surface area contributed by atoms with Gasteiger partial charge in [0, 0.05) is 51.0 Å². The predicted octanol–water partition coefficient (Wildman–Crippen LogP) is 3.67. The molecular weight excluding hydrogens is 608 g/mol. The maximum absolute atomic E-state index is 13.1. The molecular formula is C36H40N8O4. The summed E-state index contributed by atoms with van der Waals surface area (Å²) < 4.78 is 3.60. The van der Waals surface area contributed by atoms with Crippen LogP contribution in [0.4, 0.5) is 11.4 Å². The average molecular weight is 649 g/mol. The molecule has 4 amide bonds. The fourth-order valence-electron chi connectivity index (χ4n) is 6.30. The van der Waals surface area contributed by atoms with Gasteiger partial charge in [0.1, 0.15) is 12.1 Å². The van der Waals surface area contributed by atoms with E-state index < -0.39 is 12.1 Å². The van der Waals surface area contributed by atoms with Gasteiger partial charge in [-0.25, -0.2) is 9.97 Å². The highest BCUT2D eigenvalue weighted by molar-refractivity contribution is 5.98. The predicted molar refractivity (Wildman–Crippen MR) is 182 cm³/mol. The minimum Gasteiger partial charge on any atom is -0.340 e. The molecule has 0 aliphatic carbocycles. The summed E-state index contributed by atoms with van der Waals surface area (Å²) in [5, 5.41) is 5.93. The zero-order chi connectivity index (χ0) is 33.6. The van der Waals surface area contributed by atoms with Gasteiger partial charge in [-0.1, -0.05) is 36.4 Å². The van der Waals surface area contributed by atoms with E-state index in [2.05, 4.69) is 20.6 Å². The van der Waals surface area contributed by atoms with E-state index in [0.29, 0.717) is 48.7 Å². The van der Waals surface area contributed by atoms with Crippen molar-refractivity contribution in [3.05, 3.63) is 96.1 Å². The molecule has 2 N–H and O–H groups in total. The normalized spacial score (nSPS) is 17.6. The standard InChI is InChI=1S/C36H40N8O4/c1-41-21-29(37-23-41)19-33(45)43-17-3-5-31(43)35(47)39-27-13-9-25(10-14-27)7-8-26-11-15-28(16-12-26)40-36(48)32-6-4-18-44(32)34(46)20-30-22-42(2)24-38-30/h7-16,21-24,31-32H,3-6,17-20H2,1-2H3,(H,39,47)(H,40,48)/t31-,32-/m0/s1. The number of nitrogens with zero attached hydrogens (tertiary/aromatic N) is 6. The molecule has 12 nitrogen and oxygen atoms in total. The molecule has 4 heterocycles. The van der Waals surface area contributed by atoms with E-state index >= 15 is 0 Å². The van der Waals surface area contributed by atoms with Crippen LogP contribution in [-0.2, 0) is 46.1 Å². The van der Waals surface area contributed by atoms with Crippen LogP contribution in [-0.4, -0.2) is 77.7 Å². The number of hydrogen-bond acceptors (Lipinski definition) is 6. The van der Waals surface area contributed by atoms with E-state index in [9.17, 15) is 19.2 Å². The van der Waals surface area contributed by atoms with Gasteiger partial charge in [-0.15, -0.1) is 0 Å². The van der Waals surface area contributed by atoms with Gasteiger partial charge in [0.25, 0.3) is 0 Å². The van der Waals surface area contributed by atoms with Crippen molar-refractivity contribution in [1.29, 1.82) is 0 Å². The van der Waals surface area contributed by atoms with Crippen molar-refractivity contribution in [1.82, 2.24) is 28.9 Å². The first-order valence-corrected chi connectivity index (χ1v) is 16.2. The maximum Gasteiger partial charge on any atom is 0.247 e. The number of hydrogen-bond donors (Lipinski definition) is 2. The van der Waals surface area contributed by atoms with Crippen LogP contribution in [0.2, 0.25) is 0 Å². The molecule has 0 radical (unpaired) electrons. The van der Waals surface area contributed by atoms with E-state index in [1.807, 2.05) is 87.2 Å². The SMILES string of the molecule is Cn1cnc(CC(=O)N2CCC[C@H]2C(=O)Nc2ccc(C=Cc3ccc(NC(=O)[C@@H]4CCCN4C(=O)Cc4cn(C)cn4)cc3)cc2)c1. The second-order valence-electron chi connectivity index (χ2n) is 12.5. The number of benzene rings is 2. The van der Waals surface area contributed by atoms with Crippen molar-refractivity contribution in [3.63, 3.8) is 0 Å². The van der Waals surface area contributed by atoms with Gasteiger partial charge in [0.15, 0.2) is 0 Å². The molecule has 12 heteroatoms. The lowest BCUT2D eigenvalue weighted by Gasteiger charge is -2.23. The lowest BCUT2D eigenvalue weighted by atomic mass is 10.1. The molecule has 2 saturated heterocycles. The fourth-order valence-corrected chi connectivity index (χ4v) is 6.30. The number of rotatable bonds is 10. The summed E-state index contributed by atoms with van der Waals surface area (Å²) in [4.78, 5) is 63.7. The fraction of sp³-hybridized carbons (Fsp3) is 0.333. The van der Waals surface area contributed by atoms with Crippen LogP contribution in [0.25, 0.3) is 12.2 Å². The number of aromatic nitrogens is 4. The van der Waals surface area contributed by atoms with Crippen LogP contribution in [0.5, 0.6) is 0 Å². The lowest BCUT2D eigenvalue weighted by molar-refractivity contribution is -0.136. The summed E-state index contributed by atoms with van der Waals surface area (Å²) in [6, 6.07) is 14.1. The number of carbonyl (C=O) groups is 4. The van der Waals surface area contributed by atoms with Crippen molar-refractivity contribution in [2.45, 2.75) is 50.6 Å². The zero-order valence-electron chi connectivity index (χ0n) is 27.2. The molecule has 2 aliphatic heterocycles. The highest BCUT2D eigenvalue weighted by Crippen LogP contribution is 2.23. The van der Waals surface area contributed by atoms with Crippen LogP contribution in [0.1, 0.15) is 48.2 Å². The van der Waals surface area contributed by atoms with Crippen molar-refractivity contribution < 1.29 is 19.2 Å². The highest BCUT2D eigenvalue weighted by Gasteiger charge is 2.35. The largest absolute Gasteiger partial charge is 0.340 e. The molecule has 2 aliphatic rings. The van der Waals surface area contributed by atoms with E-state index in [1.54, 1.807) is 31.6 Å². The Kier molecular flexibility index (Phi) is 9.79. The summed E-state index contributed by atoms with van der Waals surface area (Å²) in [6.45, 7) is 1.13. The lowest BCUT2D eigenvalue weighted by Crippen LogP contribution is -2.43. The first kappa shape index (κ1) is 32.4. The molecule has 4 aromatic rings. The Balaban J connectivity index is 0.984. The summed E-state index contributed by atoms with van der Waals surface area (Å²) in [7, 11) is 3.72. The molecule has 48 heavy (non-hydrogen) atoms. The first-order valence-electron chi connectivity index (χ1n) is 16.2. The second-order valence-corrected chi connectivity index (χ2v) is 12.5. The quantitative estimate of drug-likeness (QED) is 0.252. The second kappa shape index (κ2) is 14.5. The Morgan fingerprint density at radius 2 is 1.06 bits per heavy atom. The molecule has 2 aromatic carbocycles. The third kappa shape index (κ3) is 7.88. The van der Waals surface area contributed by atoms with E-state index in [1.165, 1.54) is 0 Å². The number of likely N-dealkylation sites (tertiary alicyclic amines) is 2. The number of nitrogens with one attached hydrogen (secondary N) is 2. The van der Waals surface area contributed by atoms with Crippen LogP contribution >= 0.6 is 0 Å². The van der Waals surface area contributed by atoms with Crippen molar-refractivity contribution in [2.75, 3.05) is 23.7 Å². The Bertz CT molecular complexity index is 1680. The van der Waals surface area contributed by atoms with Crippen molar-refractivity contribution in [3.8, 4) is 0 Å². The highest BCUT2D eigenvalue weighted by atomic mass is 16.2. The number of amides is 4. The molecule has 2 fully saturated rings. The smallest absolute Gasteiger partial charge is 0.247 e. The zero-order valence-corrected chi connectivity index (χ0v) is 27.2. The average Bonchev–Trinajstić information content (AvgIpc) is 3.90. The van der Waals surface area contributed by atoms with Gasteiger partial charge in [-0.05, 0) is 61.1 Å². The summed E-state index contributed by atoms with van der Waals surface area (Å²) in [5.41, 5.74) is 4.63. The van der Waals surface area contributed by atoms with E-state index in [-0.39, 0.29) is 36.5 Å². The summed E-state index contributed by atoms with van der Waals surface area (Å²) in [5.74, 6) is -0.554. The van der Waals surface area contributed by atoms with Gasteiger partial charge < -0.3 is 29.6 Å². The molecule has 0 saturated carbocycles. The van der Waals surface area contributed by atoms with E-state index in [4.69, 9.17) is 0 Å². The topological polar surface area (TPSA) is 134 Å². The monoisotopic (exact) mass is 648 g/mol. The van der Waals surface area contributed by atoms with Crippen LogP contribution in [0.3, 0.4) is 0 Å². The van der Waals surface area contributed by atoms with Gasteiger partial charge in [0.05, 0.1) is 36.9 Å². The summed E-state index contributed by atoms with van der Waals surface area (Å²) in [6.07, 6.45) is 14.1. The third-order valence-corrected chi connectivity index (χ3v) is 8.76. The molecule has 2 atom stereocenters. The molecule has 0 spiro atoms. The minimum atomic E-state index is -0.495. The Morgan fingerprint density at radius 1 is 0.667 bits per heavy atom. The van der Waals surface area contributed by atoms with Crippen molar-refractivity contribution >= 4 is 47.2 Å². The molecule has 6 rings (SSSR count). The molecule has 0 unspecified atom stereocenters. The Labute approximate surface area is 279 Å². The van der Waals surface area contributed by atoms with Crippen LogP contribution in [0, 0.1) is 0 Å². The molecule has 248 valence electrons. The van der Waals surface area contributed by atoms with Gasteiger partial charge in [-0.2, -0.15) is 0 Å². The van der Waals surface area contributed by atoms with Crippen LogP contribution in [0.15, 0.2) is 73.6 Å². The number of anilines is 2. The Morgan fingerprint density at radius 3 is 1.42 bits per heavy atom. The number of imidazole rings is 2. The summed E-state index contributed by atoms with van der Waals surface area (Å²) >= 11 is 0. The molecule has 2 aromatic heterocycles. The van der Waals surface area contributed by atoms with Gasteiger partial charge in [0.2, 0.25) is 23.6 Å². The number of aryl methyl sites for hydroxylation is 2. The minimum absolute atomic E-state index is 0.0910. The Hall–Kier alpha value is -5.52. The first-order chi connectivity index (χ1) is 23.2. The van der Waals surface area contributed by atoms with Gasteiger partial charge in [-0.3, -0.25) is 19.2 Å². The van der Waals surface area contributed by atoms with E-state index in [0.717, 1.165) is 24.0 Å². The van der Waals surface area contributed by atoms with Crippen LogP contribution < -0.4 is 10.6 Å². The van der Waals surface area contributed by atoms with Gasteiger partial charge >= 0.3 is 0 Å². The van der Waals surface area contributed by atoms with Crippen molar-refractivity contribution in [2.24, 2.45) is 14.1 Å². The maximum atomic E-state index is 13.1. The molecule has 0 bridgehead atoms. The number of carbonyl (C=O) groups excluding carboxylic acids is 4.